The fourth-order valence-electron chi connectivity index (χ4n) is 1.05. The molecule has 2 heteroatoms. The monoisotopic (exact) mass is 180 g/mol. The van der Waals surface area contributed by atoms with Gasteiger partial charge in [-0.2, -0.15) is 0 Å². The second kappa shape index (κ2) is 6.42. The van der Waals surface area contributed by atoms with Crippen LogP contribution in [0.5, 0.6) is 0 Å². The van der Waals surface area contributed by atoms with Gasteiger partial charge in [0.15, 0.2) is 0 Å². The van der Waals surface area contributed by atoms with Crippen LogP contribution in [0.1, 0.15) is 39.5 Å². The zero-order valence-electron chi connectivity index (χ0n) is 8.30. The van der Waals surface area contributed by atoms with E-state index < -0.39 is 0 Å². The van der Waals surface area contributed by atoms with E-state index in [2.05, 4.69) is 5.92 Å². The number of terminal acetylenes is 1. The highest BCUT2D eigenvalue weighted by Crippen LogP contribution is 2.04. The summed E-state index contributed by atoms with van der Waals surface area (Å²) in [5, 5.41) is 0. The van der Waals surface area contributed by atoms with Crippen molar-refractivity contribution in [2.24, 2.45) is 5.92 Å². The van der Waals surface area contributed by atoms with Crippen molar-refractivity contribution < 1.29 is 9.59 Å². The van der Waals surface area contributed by atoms with E-state index >= 15 is 0 Å². The summed E-state index contributed by atoms with van der Waals surface area (Å²) in [7, 11) is 0. The molecule has 0 rings (SSSR count). The molecule has 0 aromatic rings. The Morgan fingerprint density at radius 1 is 1.31 bits per heavy atom. The molecule has 0 amide bonds. The SMILES string of the molecule is C#CCCC(=O)CC(=O)CC(C)C. The maximum Gasteiger partial charge on any atom is 0.141 e. The first-order chi connectivity index (χ1) is 6.06. The van der Waals surface area contributed by atoms with Crippen molar-refractivity contribution >= 4 is 11.6 Å². The van der Waals surface area contributed by atoms with Gasteiger partial charge in [0, 0.05) is 19.3 Å². The topological polar surface area (TPSA) is 34.1 Å². The number of carbonyl (C=O) groups is 2. The van der Waals surface area contributed by atoms with Crippen LogP contribution in [-0.2, 0) is 9.59 Å². The van der Waals surface area contributed by atoms with Gasteiger partial charge in [-0.05, 0) is 5.92 Å². The lowest BCUT2D eigenvalue weighted by Crippen LogP contribution is -2.09. The van der Waals surface area contributed by atoms with Crippen LogP contribution in [0.25, 0.3) is 0 Å². The highest BCUT2D eigenvalue weighted by molar-refractivity contribution is 5.99. The van der Waals surface area contributed by atoms with Gasteiger partial charge in [0.2, 0.25) is 0 Å². The first-order valence-corrected chi connectivity index (χ1v) is 4.53. The Morgan fingerprint density at radius 2 is 1.92 bits per heavy atom. The maximum absolute atomic E-state index is 11.2. The van der Waals surface area contributed by atoms with Gasteiger partial charge in [-0.1, -0.05) is 13.8 Å². The molecule has 0 spiro atoms. The molecule has 2 nitrogen and oxygen atoms in total. The number of Topliss-reactive ketones (excluding diaryl/α,β-unsaturated/α-hetero) is 2. The largest absolute Gasteiger partial charge is 0.299 e. The Bertz CT molecular complexity index is 221. The van der Waals surface area contributed by atoms with E-state index in [1.807, 2.05) is 13.8 Å². The van der Waals surface area contributed by atoms with Crippen molar-refractivity contribution in [3.63, 3.8) is 0 Å². The van der Waals surface area contributed by atoms with Crippen LogP contribution in [0.15, 0.2) is 0 Å². The number of ketones is 2. The number of hydrogen-bond acceptors (Lipinski definition) is 2. The minimum absolute atomic E-state index is 0.0250. The molecule has 72 valence electrons. The van der Waals surface area contributed by atoms with E-state index in [9.17, 15) is 9.59 Å². The lowest BCUT2D eigenvalue weighted by Gasteiger charge is -2.01. The predicted octanol–water partition coefficient (Wildman–Crippen LogP) is 1.97. The van der Waals surface area contributed by atoms with Gasteiger partial charge in [-0.25, -0.2) is 0 Å². The molecule has 0 bridgehead atoms. The van der Waals surface area contributed by atoms with Gasteiger partial charge in [-0.15, -0.1) is 12.3 Å². The molecule has 0 saturated heterocycles. The zero-order valence-corrected chi connectivity index (χ0v) is 8.30. The zero-order chi connectivity index (χ0) is 10.3. The Kier molecular flexibility index (Phi) is 5.88. The van der Waals surface area contributed by atoms with Gasteiger partial charge in [-0.3, -0.25) is 9.59 Å². The minimum Gasteiger partial charge on any atom is -0.299 e. The van der Waals surface area contributed by atoms with Crippen molar-refractivity contribution in [3.05, 3.63) is 0 Å². The fraction of sp³-hybridized carbons (Fsp3) is 0.636. The fourth-order valence-corrected chi connectivity index (χ4v) is 1.05. The van der Waals surface area contributed by atoms with E-state index in [0.29, 0.717) is 25.2 Å². The van der Waals surface area contributed by atoms with Gasteiger partial charge in [0.25, 0.3) is 0 Å². The average molecular weight is 180 g/mol. The molecule has 0 atom stereocenters. The molecule has 0 saturated carbocycles. The molecule has 0 aliphatic rings. The quantitative estimate of drug-likeness (QED) is 0.462. The Morgan fingerprint density at radius 3 is 2.38 bits per heavy atom. The summed E-state index contributed by atoms with van der Waals surface area (Å²) in [6.07, 6.45) is 6.32. The van der Waals surface area contributed by atoms with Crippen LogP contribution in [0.3, 0.4) is 0 Å². The maximum atomic E-state index is 11.2. The number of carbonyl (C=O) groups excluding carboxylic acids is 2. The lowest BCUT2D eigenvalue weighted by molar-refractivity contribution is -0.127. The first kappa shape index (κ1) is 11.9. The highest BCUT2D eigenvalue weighted by atomic mass is 16.1. The molecule has 0 N–H and O–H groups in total. The van der Waals surface area contributed by atoms with Gasteiger partial charge in [0.1, 0.15) is 11.6 Å². The van der Waals surface area contributed by atoms with Gasteiger partial charge >= 0.3 is 0 Å². The van der Waals surface area contributed by atoms with E-state index in [0.717, 1.165) is 0 Å². The van der Waals surface area contributed by atoms with Crippen LogP contribution in [0.2, 0.25) is 0 Å². The van der Waals surface area contributed by atoms with Crippen LogP contribution >= 0.6 is 0 Å². The van der Waals surface area contributed by atoms with Crippen molar-refractivity contribution in [3.8, 4) is 12.3 Å². The van der Waals surface area contributed by atoms with E-state index in [4.69, 9.17) is 6.42 Å². The molecule has 0 aromatic carbocycles. The third-order valence-corrected chi connectivity index (χ3v) is 1.58. The van der Waals surface area contributed by atoms with E-state index in [1.165, 1.54) is 0 Å². The van der Waals surface area contributed by atoms with Crippen LogP contribution < -0.4 is 0 Å². The van der Waals surface area contributed by atoms with Gasteiger partial charge < -0.3 is 0 Å². The number of hydrogen-bond donors (Lipinski definition) is 0. The summed E-state index contributed by atoms with van der Waals surface area (Å²) < 4.78 is 0. The molecule has 0 aliphatic heterocycles. The summed E-state index contributed by atoms with van der Waals surface area (Å²) >= 11 is 0. The van der Waals surface area contributed by atoms with Crippen molar-refractivity contribution in [1.82, 2.24) is 0 Å². The predicted molar refractivity (Wildman–Crippen MR) is 52.2 cm³/mol. The first-order valence-electron chi connectivity index (χ1n) is 4.53. The Labute approximate surface area is 79.7 Å². The minimum atomic E-state index is -0.0383. The van der Waals surface area contributed by atoms with Crippen molar-refractivity contribution in [2.45, 2.75) is 39.5 Å². The van der Waals surface area contributed by atoms with Crippen LogP contribution in [0.4, 0.5) is 0 Å². The Hall–Kier alpha value is -1.10. The van der Waals surface area contributed by atoms with Crippen LogP contribution in [-0.4, -0.2) is 11.6 Å². The molecular weight excluding hydrogens is 164 g/mol. The average Bonchev–Trinajstić information content (AvgIpc) is 1.98. The van der Waals surface area contributed by atoms with Crippen molar-refractivity contribution in [1.29, 1.82) is 0 Å². The molecule has 0 aliphatic carbocycles. The second-order valence-corrected chi connectivity index (χ2v) is 3.56. The van der Waals surface area contributed by atoms with E-state index in [-0.39, 0.29) is 18.0 Å². The van der Waals surface area contributed by atoms with Gasteiger partial charge in [0.05, 0.1) is 6.42 Å². The third-order valence-electron chi connectivity index (χ3n) is 1.58. The number of rotatable bonds is 6. The Balaban J connectivity index is 3.67. The molecule has 0 radical (unpaired) electrons. The van der Waals surface area contributed by atoms with Crippen LogP contribution in [0, 0.1) is 18.3 Å². The summed E-state index contributed by atoms with van der Waals surface area (Å²) in [4.78, 5) is 22.2. The third kappa shape index (κ3) is 7.27. The summed E-state index contributed by atoms with van der Waals surface area (Å²) in [6, 6.07) is 0. The normalized spacial score (nSPS) is 9.69. The molecule has 0 heterocycles. The smallest absolute Gasteiger partial charge is 0.141 e. The summed E-state index contributed by atoms with van der Waals surface area (Å²) in [5.41, 5.74) is 0. The molecule has 0 aromatic heterocycles. The molecular formula is C11H16O2. The second-order valence-electron chi connectivity index (χ2n) is 3.56. The lowest BCUT2D eigenvalue weighted by atomic mass is 10.0. The standard InChI is InChI=1S/C11H16O2/c1-4-5-6-10(12)8-11(13)7-9(2)3/h1,9H,5-8H2,2-3H3. The highest BCUT2D eigenvalue weighted by Gasteiger charge is 2.10. The molecule has 0 unspecified atom stereocenters. The summed E-state index contributed by atoms with van der Waals surface area (Å²) in [5.74, 6) is 2.69. The molecule has 13 heavy (non-hydrogen) atoms. The van der Waals surface area contributed by atoms with Crippen molar-refractivity contribution in [2.75, 3.05) is 0 Å². The molecule has 0 fully saturated rings. The summed E-state index contributed by atoms with van der Waals surface area (Å²) in [6.45, 7) is 3.92. The van der Waals surface area contributed by atoms with E-state index in [1.54, 1.807) is 0 Å².